The summed E-state index contributed by atoms with van der Waals surface area (Å²) >= 11 is 6.15. The van der Waals surface area contributed by atoms with E-state index in [9.17, 15) is 5.11 Å². The summed E-state index contributed by atoms with van der Waals surface area (Å²) < 4.78 is 23.5. The van der Waals surface area contributed by atoms with Gasteiger partial charge in [-0.05, 0) is 49.1 Å². The molecule has 6 heteroatoms. The molecule has 0 unspecified atom stereocenters. The molecule has 2 aromatic carbocycles. The number of halogens is 1. The van der Waals surface area contributed by atoms with Crippen LogP contribution in [-0.2, 0) is 18.9 Å². The zero-order chi connectivity index (χ0) is 17.1. The summed E-state index contributed by atoms with van der Waals surface area (Å²) in [6.07, 6.45) is -1.48. The van der Waals surface area contributed by atoms with Crippen LogP contribution in [0.15, 0.2) is 30.3 Å². The molecule has 2 aliphatic heterocycles. The van der Waals surface area contributed by atoms with E-state index >= 15 is 0 Å². The van der Waals surface area contributed by atoms with Crippen molar-refractivity contribution in [3.63, 3.8) is 0 Å². The Labute approximate surface area is 145 Å². The van der Waals surface area contributed by atoms with Gasteiger partial charge >= 0.3 is 0 Å². The van der Waals surface area contributed by atoms with Gasteiger partial charge in [0.05, 0.1) is 0 Å². The zero-order valence-corrected chi connectivity index (χ0v) is 14.4. The zero-order valence-electron chi connectivity index (χ0n) is 13.7. The fourth-order valence-electron chi connectivity index (χ4n) is 3.56. The van der Waals surface area contributed by atoms with Crippen LogP contribution in [0.5, 0.6) is 5.75 Å². The quantitative estimate of drug-likeness (QED) is 0.893. The van der Waals surface area contributed by atoms with Gasteiger partial charge in [0.1, 0.15) is 24.1 Å². The number of rotatable bonds is 2. The minimum atomic E-state index is -0.697. The van der Waals surface area contributed by atoms with Gasteiger partial charge in [0, 0.05) is 17.5 Å². The van der Waals surface area contributed by atoms with Crippen LogP contribution in [0.4, 0.5) is 0 Å². The van der Waals surface area contributed by atoms with Crippen molar-refractivity contribution in [3.8, 4) is 5.75 Å². The standard InChI is InChI=1S/C18H19ClO5/c1-18(2)23-16-15(21-3)14(22-17(16)24-18)11-6-7-13(20)10-5-4-9(19)8-12(10)11/h4-8,14-17,20H,1-3H3/t14-,15+,16-,17-/m1/s1. The molecule has 5 nitrogen and oxygen atoms in total. The number of aromatic hydroxyl groups is 1. The van der Waals surface area contributed by atoms with Crippen molar-refractivity contribution in [2.75, 3.05) is 7.11 Å². The van der Waals surface area contributed by atoms with Crippen LogP contribution in [0.25, 0.3) is 10.8 Å². The van der Waals surface area contributed by atoms with Gasteiger partial charge in [-0.15, -0.1) is 0 Å². The van der Waals surface area contributed by atoms with Gasteiger partial charge in [-0.2, -0.15) is 0 Å². The lowest BCUT2D eigenvalue weighted by Crippen LogP contribution is -2.32. The average molecular weight is 351 g/mol. The maximum Gasteiger partial charge on any atom is 0.190 e. The first-order valence-electron chi connectivity index (χ1n) is 7.84. The van der Waals surface area contributed by atoms with Crippen LogP contribution in [-0.4, -0.2) is 36.5 Å². The highest BCUT2D eigenvalue weighted by Gasteiger charge is 2.55. The molecular formula is C18H19ClO5. The molecule has 2 fully saturated rings. The first kappa shape index (κ1) is 16.1. The van der Waals surface area contributed by atoms with E-state index < -0.39 is 12.1 Å². The molecular weight excluding hydrogens is 332 g/mol. The SMILES string of the molecule is CO[C@@H]1[C@H]2OC(C)(C)O[C@H]2O[C@@H]1c1ccc(O)c2ccc(Cl)cc12. The van der Waals surface area contributed by atoms with Crippen LogP contribution in [0.3, 0.4) is 0 Å². The van der Waals surface area contributed by atoms with Crippen LogP contribution in [0.1, 0.15) is 25.5 Å². The van der Waals surface area contributed by atoms with E-state index in [4.69, 9.17) is 30.5 Å². The molecule has 128 valence electrons. The third-order valence-corrected chi connectivity index (χ3v) is 4.79. The van der Waals surface area contributed by atoms with Crippen molar-refractivity contribution in [3.05, 3.63) is 40.9 Å². The molecule has 0 amide bonds. The maximum absolute atomic E-state index is 10.1. The van der Waals surface area contributed by atoms with Crippen molar-refractivity contribution in [2.45, 2.75) is 44.2 Å². The van der Waals surface area contributed by atoms with Crippen LogP contribution < -0.4 is 0 Å². The predicted octanol–water partition coefficient (Wildman–Crippen LogP) is 3.76. The monoisotopic (exact) mass is 350 g/mol. The lowest BCUT2D eigenvalue weighted by molar-refractivity contribution is -0.217. The molecule has 0 spiro atoms. The number of phenols is 1. The summed E-state index contributed by atoms with van der Waals surface area (Å²) in [4.78, 5) is 0. The Hall–Kier alpha value is -1.37. The maximum atomic E-state index is 10.1. The second-order valence-electron chi connectivity index (χ2n) is 6.59. The van der Waals surface area contributed by atoms with Gasteiger partial charge in [0.2, 0.25) is 0 Å². The van der Waals surface area contributed by atoms with Crippen molar-refractivity contribution >= 4 is 22.4 Å². The molecule has 0 bridgehead atoms. The van der Waals surface area contributed by atoms with Gasteiger partial charge in [-0.25, -0.2) is 0 Å². The van der Waals surface area contributed by atoms with Crippen molar-refractivity contribution in [2.24, 2.45) is 0 Å². The molecule has 24 heavy (non-hydrogen) atoms. The second kappa shape index (κ2) is 5.58. The summed E-state index contributed by atoms with van der Waals surface area (Å²) in [5.41, 5.74) is 0.886. The van der Waals surface area contributed by atoms with E-state index in [2.05, 4.69) is 0 Å². The summed E-state index contributed by atoms with van der Waals surface area (Å²) in [5.74, 6) is -0.497. The highest BCUT2D eigenvalue weighted by Crippen LogP contribution is 2.46. The van der Waals surface area contributed by atoms with Crippen molar-refractivity contribution in [1.82, 2.24) is 0 Å². The average Bonchev–Trinajstić information content (AvgIpc) is 2.98. The number of hydrogen-bond donors (Lipinski definition) is 1. The smallest absolute Gasteiger partial charge is 0.190 e. The van der Waals surface area contributed by atoms with Gasteiger partial charge in [0.15, 0.2) is 12.1 Å². The second-order valence-corrected chi connectivity index (χ2v) is 7.03. The fourth-order valence-corrected chi connectivity index (χ4v) is 3.73. The van der Waals surface area contributed by atoms with Crippen LogP contribution >= 0.6 is 11.6 Å². The molecule has 0 aromatic heterocycles. The Bertz CT molecular complexity index is 790. The predicted molar refractivity (Wildman–Crippen MR) is 89.1 cm³/mol. The first-order valence-corrected chi connectivity index (χ1v) is 8.22. The van der Waals surface area contributed by atoms with E-state index in [1.54, 1.807) is 25.3 Å². The van der Waals surface area contributed by atoms with Crippen LogP contribution in [0.2, 0.25) is 5.02 Å². The Balaban J connectivity index is 1.78. The normalized spacial score (nSPS) is 31.5. The molecule has 1 N–H and O–H groups in total. The highest BCUT2D eigenvalue weighted by molar-refractivity contribution is 6.31. The first-order chi connectivity index (χ1) is 11.4. The Morgan fingerprint density at radius 1 is 1.12 bits per heavy atom. The number of phenolic OH excluding ortho intramolecular Hbond substituents is 1. The van der Waals surface area contributed by atoms with E-state index in [-0.39, 0.29) is 24.1 Å². The van der Waals surface area contributed by atoms with Crippen molar-refractivity contribution < 1.29 is 24.1 Å². The molecule has 2 aromatic rings. The topological polar surface area (TPSA) is 57.2 Å². The summed E-state index contributed by atoms with van der Waals surface area (Å²) in [7, 11) is 1.63. The van der Waals surface area contributed by atoms with Gasteiger partial charge < -0.3 is 24.1 Å². The van der Waals surface area contributed by atoms with Crippen LogP contribution in [0, 0.1) is 0 Å². The highest BCUT2D eigenvalue weighted by atomic mass is 35.5. The third kappa shape index (κ3) is 2.48. The summed E-state index contributed by atoms with van der Waals surface area (Å²) in [6, 6.07) is 8.85. The minimum absolute atomic E-state index is 0.200. The number of hydrogen-bond acceptors (Lipinski definition) is 5. The van der Waals surface area contributed by atoms with E-state index in [0.29, 0.717) is 5.02 Å². The van der Waals surface area contributed by atoms with Gasteiger partial charge in [-0.3, -0.25) is 0 Å². The molecule has 0 radical (unpaired) electrons. The summed E-state index contributed by atoms with van der Waals surface area (Å²) in [5, 5.41) is 12.3. The van der Waals surface area contributed by atoms with Gasteiger partial charge in [-0.1, -0.05) is 17.7 Å². The molecule has 2 heterocycles. The Morgan fingerprint density at radius 3 is 2.67 bits per heavy atom. The number of fused-ring (bicyclic) bond motifs is 2. The number of ether oxygens (including phenoxy) is 4. The summed E-state index contributed by atoms with van der Waals surface area (Å²) in [6.45, 7) is 3.71. The molecule has 4 rings (SSSR count). The van der Waals surface area contributed by atoms with Crippen molar-refractivity contribution in [1.29, 1.82) is 0 Å². The Morgan fingerprint density at radius 2 is 1.92 bits per heavy atom. The van der Waals surface area contributed by atoms with E-state index in [1.807, 2.05) is 26.0 Å². The van der Waals surface area contributed by atoms with Gasteiger partial charge in [0.25, 0.3) is 0 Å². The largest absolute Gasteiger partial charge is 0.507 e. The van der Waals surface area contributed by atoms with E-state index in [1.165, 1.54) is 0 Å². The minimum Gasteiger partial charge on any atom is -0.507 e. The molecule has 2 saturated heterocycles. The molecule has 0 saturated carbocycles. The number of benzene rings is 2. The lowest BCUT2D eigenvalue weighted by atomic mass is 9.96. The molecule has 0 aliphatic carbocycles. The molecule has 2 aliphatic rings. The molecule has 4 atom stereocenters. The lowest BCUT2D eigenvalue weighted by Gasteiger charge is -2.26. The number of methoxy groups -OCH3 is 1. The fraction of sp³-hybridized carbons (Fsp3) is 0.444. The van der Waals surface area contributed by atoms with E-state index in [0.717, 1.165) is 16.3 Å². The Kier molecular flexibility index (Phi) is 3.74. The third-order valence-electron chi connectivity index (χ3n) is 4.56.